The van der Waals surface area contributed by atoms with Crippen LogP contribution < -0.4 is 4.74 Å². The number of carbonyl (C=O) groups is 1. The van der Waals surface area contributed by atoms with E-state index >= 15 is 0 Å². The molecule has 0 aliphatic heterocycles. The van der Waals surface area contributed by atoms with Crippen LogP contribution in [0, 0.1) is 0 Å². The van der Waals surface area contributed by atoms with Crippen LogP contribution in [0.1, 0.15) is 12.0 Å². The third-order valence-corrected chi connectivity index (χ3v) is 3.70. The van der Waals surface area contributed by atoms with Gasteiger partial charge in [0, 0.05) is 17.1 Å². The number of carbonyl (C=O) groups excluding carboxylic acids is 1. The highest BCUT2D eigenvalue weighted by Crippen LogP contribution is 2.28. The minimum atomic E-state index is -3.84. The van der Waals surface area contributed by atoms with Gasteiger partial charge in [-0.1, -0.05) is 6.07 Å². The molecule has 100 valence electrons. The fraction of sp³-hybridized carbons (Fsp3) is 0.364. The van der Waals surface area contributed by atoms with E-state index in [0.29, 0.717) is 6.42 Å². The summed E-state index contributed by atoms with van der Waals surface area (Å²) in [6.07, 6.45) is 0.651. The first-order valence-electron chi connectivity index (χ1n) is 5.07. The van der Waals surface area contributed by atoms with E-state index in [-0.39, 0.29) is 23.0 Å². The number of rotatable bonds is 5. The van der Waals surface area contributed by atoms with Gasteiger partial charge in [-0.3, -0.25) is 4.79 Å². The van der Waals surface area contributed by atoms with E-state index in [4.69, 9.17) is 15.4 Å². The van der Waals surface area contributed by atoms with Gasteiger partial charge in [0.15, 0.2) is 0 Å². The van der Waals surface area contributed by atoms with Crippen molar-refractivity contribution >= 4 is 25.7 Å². The molecule has 0 saturated carbocycles. The standard InChI is InChI=1S/C11H13ClO5S/c1-16-9-7-8(4-6-11(13)17-2)3-5-10(9)18(12,14)15/h3,5,7H,4,6H2,1-2H3. The minimum absolute atomic E-state index is 0.0894. The molecule has 0 bridgehead atoms. The Balaban J connectivity index is 2.96. The van der Waals surface area contributed by atoms with Crippen molar-refractivity contribution in [3.05, 3.63) is 23.8 Å². The summed E-state index contributed by atoms with van der Waals surface area (Å²) in [4.78, 5) is 10.9. The van der Waals surface area contributed by atoms with Crippen LogP contribution >= 0.6 is 10.7 Å². The zero-order valence-corrected chi connectivity index (χ0v) is 11.5. The quantitative estimate of drug-likeness (QED) is 0.610. The van der Waals surface area contributed by atoms with Crippen molar-refractivity contribution in [3.8, 4) is 5.75 Å². The van der Waals surface area contributed by atoms with Gasteiger partial charge in [-0.05, 0) is 24.1 Å². The molecule has 0 unspecified atom stereocenters. The number of benzene rings is 1. The van der Waals surface area contributed by atoms with Crippen molar-refractivity contribution in [1.29, 1.82) is 0 Å². The fourth-order valence-electron chi connectivity index (χ4n) is 1.42. The molecule has 0 aromatic heterocycles. The van der Waals surface area contributed by atoms with E-state index < -0.39 is 9.05 Å². The lowest BCUT2D eigenvalue weighted by Gasteiger charge is -2.08. The summed E-state index contributed by atoms with van der Waals surface area (Å²) in [6.45, 7) is 0. The second kappa shape index (κ2) is 6.06. The van der Waals surface area contributed by atoms with Gasteiger partial charge in [0.25, 0.3) is 9.05 Å². The van der Waals surface area contributed by atoms with Crippen molar-refractivity contribution in [2.24, 2.45) is 0 Å². The molecule has 1 aromatic rings. The zero-order chi connectivity index (χ0) is 13.8. The Morgan fingerprint density at radius 2 is 2.00 bits per heavy atom. The van der Waals surface area contributed by atoms with Crippen LogP contribution in [0.4, 0.5) is 0 Å². The molecule has 1 rings (SSSR count). The lowest BCUT2D eigenvalue weighted by molar-refractivity contribution is -0.140. The molecule has 0 aliphatic carbocycles. The molecule has 0 heterocycles. The molecule has 0 N–H and O–H groups in total. The monoisotopic (exact) mass is 292 g/mol. The average molecular weight is 293 g/mol. The highest BCUT2D eigenvalue weighted by molar-refractivity contribution is 8.13. The van der Waals surface area contributed by atoms with Crippen LogP contribution in [0.5, 0.6) is 5.75 Å². The van der Waals surface area contributed by atoms with E-state index in [1.165, 1.54) is 26.4 Å². The molecular formula is C11H13ClO5S. The summed E-state index contributed by atoms with van der Waals surface area (Å²) < 4.78 is 32.0. The maximum atomic E-state index is 11.2. The highest BCUT2D eigenvalue weighted by Gasteiger charge is 2.17. The van der Waals surface area contributed by atoms with E-state index in [1.54, 1.807) is 6.07 Å². The SMILES string of the molecule is COC(=O)CCc1ccc(S(=O)(=O)Cl)c(OC)c1. The maximum absolute atomic E-state index is 11.2. The lowest BCUT2D eigenvalue weighted by Crippen LogP contribution is -2.03. The van der Waals surface area contributed by atoms with Crippen molar-refractivity contribution in [2.45, 2.75) is 17.7 Å². The van der Waals surface area contributed by atoms with Gasteiger partial charge in [-0.15, -0.1) is 0 Å². The summed E-state index contributed by atoms with van der Waals surface area (Å²) in [6, 6.07) is 4.48. The Bertz CT molecular complexity index is 538. The Kier molecular flexibility index (Phi) is 4.98. The van der Waals surface area contributed by atoms with Gasteiger partial charge in [0.05, 0.1) is 14.2 Å². The van der Waals surface area contributed by atoms with Gasteiger partial charge in [0.2, 0.25) is 0 Å². The van der Waals surface area contributed by atoms with Crippen LogP contribution in [0.25, 0.3) is 0 Å². The zero-order valence-electron chi connectivity index (χ0n) is 9.97. The largest absolute Gasteiger partial charge is 0.495 e. The third kappa shape index (κ3) is 3.89. The van der Waals surface area contributed by atoms with Crippen LogP contribution in [-0.2, 0) is 25.0 Å². The van der Waals surface area contributed by atoms with Crippen LogP contribution in [0.2, 0.25) is 0 Å². The molecule has 0 atom stereocenters. The van der Waals surface area contributed by atoms with E-state index in [9.17, 15) is 13.2 Å². The topological polar surface area (TPSA) is 69.7 Å². The first kappa shape index (κ1) is 14.8. The minimum Gasteiger partial charge on any atom is -0.495 e. The molecule has 7 heteroatoms. The van der Waals surface area contributed by atoms with Gasteiger partial charge in [-0.2, -0.15) is 0 Å². The number of hydrogen-bond donors (Lipinski definition) is 0. The first-order chi connectivity index (χ1) is 8.38. The molecule has 0 spiro atoms. The van der Waals surface area contributed by atoms with Crippen LogP contribution in [-0.4, -0.2) is 28.6 Å². The van der Waals surface area contributed by atoms with Crippen molar-refractivity contribution in [1.82, 2.24) is 0 Å². The Morgan fingerprint density at radius 1 is 1.33 bits per heavy atom. The number of methoxy groups -OCH3 is 2. The van der Waals surface area contributed by atoms with Crippen molar-refractivity contribution < 1.29 is 22.7 Å². The molecular weight excluding hydrogens is 280 g/mol. The summed E-state index contributed by atoms with van der Waals surface area (Å²) in [5, 5.41) is 0. The molecule has 5 nitrogen and oxygen atoms in total. The number of esters is 1. The van der Waals surface area contributed by atoms with E-state index in [0.717, 1.165) is 5.56 Å². The number of aryl methyl sites for hydroxylation is 1. The predicted octanol–water partition coefficient (Wildman–Crippen LogP) is 1.73. The first-order valence-corrected chi connectivity index (χ1v) is 7.38. The highest BCUT2D eigenvalue weighted by atomic mass is 35.7. The average Bonchev–Trinajstić information content (AvgIpc) is 2.34. The molecule has 18 heavy (non-hydrogen) atoms. The smallest absolute Gasteiger partial charge is 0.305 e. The number of hydrogen-bond acceptors (Lipinski definition) is 5. The summed E-state index contributed by atoms with van der Waals surface area (Å²) in [7, 11) is 4.08. The third-order valence-electron chi connectivity index (χ3n) is 2.34. The molecule has 1 aromatic carbocycles. The number of ether oxygens (including phenoxy) is 2. The van der Waals surface area contributed by atoms with Gasteiger partial charge >= 0.3 is 5.97 Å². The molecule has 0 fully saturated rings. The van der Waals surface area contributed by atoms with Crippen LogP contribution in [0.3, 0.4) is 0 Å². The van der Waals surface area contributed by atoms with Gasteiger partial charge < -0.3 is 9.47 Å². The van der Waals surface area contributed by atoms with Crippen molar-refractivity contribution in [2.75, 3.05) is 14.2 Å². The second-order valence-electron chi connectivity index (χ2n) is 3.50. The van der Waals surface area contributed by atoms with E-state index in [1.807, 2.05) is 0 Å². The molecule has 0 aliphatic rings. The summed E-state index contributed by atoms with van der Waals surface area (Å²) >= 11 is 0. The molecule has 0 saturated heterocycles. The Hall–Kier alpha value is -1.27. The van der Waals surface area contributed by atoms with Crippen LogP contribution in [0.15, 0.2) is 23.1 Å². The molecule has 0 amide bonds. The fourth-order valence-corrected chi connectivity index (χ4v) is 2.41. The second-order valence-corrected chi connectivity index (χ2v) is 6.03. The van der Waals surface area contributed by atoms with E-state index in [2.05, 4.69) is 4.74 Å². The van der Waals surface area contributed by atoms with Gasteiger partial charge in [0.1, 0.15) is 10.6 Å². The number of halogens is 1. The normalized spacial score (nSPS) is 11.1. The summed E-state index contributed by atoms with van der Waals surface area (Å²) in [5.41, 5.74) is 0.765. The molecule has 0 radical (unpaired) electrons. The Morgan fingerprint density at radius 3 is 2.50 bits per heavy atom. The maximum Gasteiger partial charge on any atom is 0.305 e. The lowest BCUT2D eigenvalue weighted by atomic mass is 10.1. The van der Waals surface area contributed by atoms with Crippen molar-refractivity contribution in [3.63, 3.8) is 0 Å². The Labute approximate surface area is 110 Å². The summed E-state index contributed by atoms with van der Waals surface area (Å²) in [5.74, 6) is -0.171. The van der Waals surface area contributed by atoms with Gasteiger partial charge in [-0.25, -0.2) is 8.42 Å². The predicted molar refractivity (Wildman–Crippen MR) is 66.4 cm³/mol.